The molecule has 2 saturated heterocycles. The van der Waals surface area contributed by atoms with E-state index in [0.29, 0.717) is 44.2 Å². The van der Waals surface area contributed by atoms with Gasteiger partial charge in [-0.2, -0.15) is 5.10 Å². The van der Waals surface area contributed by atoms with Crippen LogP contribution < -0.4 is 5.32 Å². The van der Waals surface area contributed by atoms with Crippen molar-refractivity contribution in [2.75, 3.05) is 39.3 Å². The van der Waals surface area contributed by atoms with Crippen molar-refractivity contribution in [3.63, 3.8) is 0 Å². The molecule has 2 N–H and O–H groups in total. The van der Waals surface area contributed by atoms with Crippen LogP contribution in [0.5, 0.6) is 0 Å². The van der Waals surface area contributed by atoms with Crippen molar-refractivity contribution in [3.8, 4) is 0 Å². The number of hydrogen-bond donors (Lipinski definition) is 2. The van der Waals surface area contributed by atoms with Crippen molar-refractivity contribution in [2.24, 2.45) is 5.92 Å². The lowest BCUT2D eigenvalue weighted by Gasteiger charge is -2.36. The number of rotatable bonds is 3. The fourth-order valence-corrected chi connectivity index (χ4v) is 3.30. The number of nitrogens with one attached hydrogen (secondary N) is 2. The molecule has 0 aliphatic carbocycles. The maximum Gasteiger partial charge on any atom is 0.275 e. The van der Waals surface area contributed by atoms with Crippen LogP contribution in [0, 0.1) is 5.92 Å². The Labute approximate surface area is 140 Å². The van der Waals surface area contributed by atoms with Gasteiger partial charge in [0.25, 0.3) is 5.91 Å². The van der Waals surface area contributed by atoms with Gasteiger partial charge in [-0.15, -0.1) is 0 Å². The minimum Gasteiger partial charge on any atom is -0.339 e. The van der Waals surface area contributed by atoms with E-state index in [9.17, 15) is 9.59 Å². The normalized spacial score (nSPS) is 18.7. The van der Waals surface area contributed by atoms with E-state index in [0.717, 1.165) is 24.0 Å². The summed E-state index contributed by atoms with van der Waals surface area (Å²) in [7, 11) is 0. The van der Waals surface area contributed by atoms with Gasteiger partial charge in [0.1, 0.15) is 0 Å². The number of fused-ring (bicyclic) bond motifs is 1. The first-order valence-electron chi connectivity index (χ1n) is 8.43. The van der Waals surface area contributed by atoms with E-state index in [2.05, 4.69) is 15.5 Å². The summed E-state index contributed by atoms with van der Waals surface area (Å²) in [6.45, 7) is 4.22. The molecule has 0 saturated carbocycles. The molecule has 7 heteroatoms. The second-order valence-corrected chi connectivity index (χ2v) is 6.52. The van der Waals surface area contributed by atoms with E-state index in [1.165, 1.54) is 0 Å². The fraction of sp³-hybridized carbons (Fsp3) is 0.471. The highest BCUT2D eigenvalue weighted by atomic mass is 16.2. The van der Waals surface area contributed by atoms with Gasteiger partial charge in [0.2, 0.25) is 5.91 Å². The summed E-state index contributed by atoms with van der Waals surface area (Å²) in [6, 6.07) is 7.63. The zero-order valence-electron chi connectivity index (χ0n) is 13.5. The molecule has 4 rings (SSSR count). The molecule has 0 atom stereocenters. The van der Waals surface area contributed by atoms with Crippen LogP contribution in [0.1, 0.15) is 16.9 Å². The number of carbonyl (C=O) groups excluding carboxylic acids is 2. The van der Waals surface area contributed by atoms with Crippen LogP contribution in [0.3, 0.4) is 0 Å². The number of aromatic amines is 1. The molecule has 126 valence electrons. The number of piperazine rings is 1. The lowest BCUT2D eigenvalue weighted by molar-refractivity contribution is -0.134. The molecule has 2 aromatic rings. The first kappa shape index (κ1) is 15.1. The Morgan fingerprint density at radius 3 is 2.50 bits per heavy atom. The number of nitrogens with zero attached hydrogens (tertiary/aromatic N) is 3. The summed E-state index contributed by atoms with van der Waals surface area (Å²) in [5.74, 6) is 0.620. The van der Waals surface area contributed by atoms with Crippen molar-refractivity contribution in [1.29, 1.82) is 0 Å². The molecule has 2 fully saturated rings. The van der Waals surface area contributed by atoms with Gasteiger partial charge in [-0.05, 0) is 25.1 Å². The second-order valence-electron chi connectivity index (χ2n) is 6.52. The van der Waals surface area contributed by atoms with Gasteiger partial charge in [-0.1, -0.05) is 18.2 Å². The molecule has 2 aliphatic rings. The molecule has 7 nitrogen and oxygen atoms in total. The van der Waals surface area contributed by atoms with Gasteiger partial charge in [0.15, 0.2) is 5.69 Å². The molecule has 0 bridgehead atoms. The van der Waals surface area contributed by atoms with Crippen molar-refractivity contribution < 1.29 is 9.59 Å². The third-order valence-electron chi connectivity index (χ3n) is 4.92. The molecular formula is C17H21N5O2. The van der Waals surface area contributed by atoms with Crippen LogP contribution in [-0.4, -0.2) is 71.1 Å². The van der Waals surface area contributed by atoms with E-state index in [1.807, 2.05) is 29.2 Å². The molecule has 3 heterocycles. The monoisotopic (exact) mass is 327 g/mol. The van der Waals surface area contributed by atoms with Gasteiger partial charge >= 0.3 is 0 Å². The van der Waals surface area contributed by atoms with E-state index >= 15 is 0 Å². The summed E-state index contributed by atoms with van der Waals surface area (Å²) in [5.41, 5.74) is 1.33. The summed E-state index contributed by atoms with van der Waals surface area (Å²) in [4.78, 5) is 28.6. The van der Waals surface area contributed by atoms with Crippen LogP contribution >= 0.6 is 0 Å². The zero-order valence-corrected chi connectivity index (χ0v) is 13.5. The Bertz CT molecular complexity index is 759. The average Bonchev–Trinajstić information content (AvgIpc) is 3.01. The molecule has 1 aromatic heterocycles. The Kier molecular flexibility index (Phi) is 3.93. The number of hydrogen-bond acceptors (Lipinski definition) is 4. The fourth-order valence-electron chi connectivity index (χ4n) is 3.30. The molecular weight excluding hydrogens is 306 g/mol. The molecule has 0 radical (unpaired) electrons. The first-order valence-corrected chi connectivity index (χ1v) is 8.43. The largest absolute Gasteiger partial charge is 0.339 e. The van der Waals surface area contributed by atoms with E-state index < -0.39 is 0 Å². The third-order valence-corrected chi connectivity index (χ3v) is 4.92. The van der Waals surface area contributed by atoms with Crippen molar-refractivity contribution in [1.82, 2.24) is 25.3 Å². The Morgan fingerprint density at radius 2 is 1.79 bits per heavy atom. The van der Waals surface area contributed by atoms with E-state index in [4.69, 9.17) is 0 Å². The standard InChI is InChI=1S/C17H21N5O2/c23-15(9-12-10-18-11-12)21-5-7-22(8-6-21)17(24)16-13-3-1-2-4-14(13)19-20-16/h1-4,12,18H,5-11H2,(H,19,20). The highest BCUT2D eigenvalue weighted by Crippen LogP contribution is 2.18. The highest BCUT2D eigenvalue weighted by molar-refractivity contribution is 6.04. The zero-order chi connectivity index (χ0) is 16.5. The number of aromatic nitrogens is 2. The number of H-pyrrole nitrogens is 1. The molecule has 2 amide bonds. The van der Waals surface area contributed by atoms with E-state index in [-0.39, 0.29) is 11.8 Å². The predicted molar refractivity (Wildman–Crippen MR) is 89.6 cm³/mol. The summed E-state index contributed by atoms with van der Waals surface area (Å²) in [5, 5.41) is 11.1. The Hall–Kier alpha value is -2.41. The lowest BCUT2D eigenvalue weighted by Crippen LogP contribution is -2.52. The molecule has 1 aromatic carbocycles. The third kappa shape index (κ3) is 2.75. The van der Waals surface area contributed by atoms with Crippen LogP contribution in [0.25, 0.3) is 10.9 Å². The van der Waals surface area contributed by atoms with Gasteiger partial charge in [-0.3, -0.25) is 14.7 Å². The van der Waals surface area contributed by atoms with Gasteiger partial charge in [0, 0.05) is 38.0 Å². The summed E-state index contributed by atoms with van der Waals surface area (Å²) >= 11 is 0. The van der Waals surface area contributed by atoms with E-state index in [1.54, 1.807) is 4.90 Å². The van der Waals surface area contributed by atoms with Gasteiger partial charge < -0.3 is 15.1 Å². The van der Waals surface area contributed by atoms with Crippen LogP contribution in [0.15, 0.2) is 24.3 Å². The quantitative estimate of drug-likeness (QED) is 0.858. The molecule has 0 spiro atoms. The second kappa shape index (κ2) is 6.24. The maximum atomic E-state index is 12.7. The van der Waals surface area contributed by atoms with Gasteiger partial charge in [0.05, 0.1) is 5.52 Å². The average molecular weight is 327 g/mol. The molecule has 24 heavy (non-hydrogen) atoms. The van der Waals surface area contributed by atoms with Crippen molar-refractivity contribution in [2.45, 2.75) is 6.42 Å². The number of para-hydroxylation sites is 1. The SMILES string of the molecule is O=C(CC1CNC1)N1CCN(C(=O)c2n[nH]c3ccccc23)CC1. The summed E-state index contributed by atoms with van der Waals surface area (Å²) in [6.07, 6.45) is 0.616. The predicted octanol–water partition coefficient (Wildman–Crippen LogP) is 0.457. The van der Waals surface area contributed by atoms with Gasteiger partial charge in [-0.25, -0.2) is 0 Å². The highest BCUT2D eigenvalue weighted by Gasteiger charge is 2.29. The number of benzene rings is 1. The minimum atomic E-state index is -0.0669. The van der Waals surface area contributed by atoms with Crippen molar-refractivity contribution >= 4 is 22.7 Å². The smallest absolute Gasteiger partial charge is 0.275 e. The topological polar surface area (TPSA) is 81.3 Å². The summed E-state index contributed by atoms with van der Waals surface area (Å²) < 4.78 is 0. The number of carbonyl (C=O) groups is 2. The minimum absolute atomic E-state index is 0.0669. The molecule has 0 unspecified atom stereocenters. The first-order chi connectivity index (χ1) is 11.7. The number of amides is 2. The van der Waals surface area contributed by atoms with Crippen molar-refractivity contribution in [3.05, 3.63) is 30.0 Å². The molecule has 2 aliphatic heterocycles. The Balaban J connectivity index is 1.38. The lowest BCUT2D eigenvalue weighted by atomic mass is 9.98. The van der Waals surface area contributed by atoms with Crippen LogP contribution in [-0.2, 0) is 4.79 Å². The Morgan fingerprint density at radius 1 is 1.08 bits per heavy atom. The maximum absolute atomic E-state index is 12.7. The van der Waals surface area contributed by atoms with Crippen LogP contribution in [0.4, 0.5) is 0 Å². The van der Waals surface area contributed by atoms with Crippen LogP contribution in [0.2, 0.25) is 0 Å².